The Hall–Kier alpha value is -0.0800. The summed E-state index contributed by atoms with van der Waals surface area (Å²) in [6, 6.07) is 0. The lowest BCUT2D eigenvalue weighted by molar-refractivity contribution is 0.0860. The van der Waals surface area contributed by atoms with E-state index in [9.17, 15) is 0 Å². The van der Waals surface area contributed by atoms with Crippen LogP contribution in [0.2, 0.25) is 0 Å². The highest BCUT2D eigenvalue weighted by molar-refractivity contribution is 4.80. The SMILES string of the molecule is CCN(CCN(CC)C(C)(C)C)C(C)(C)C. The van der Waals surface area contributed by atoms with Gasteiger partial charge < -0.3 is 0 Å². The van der Waals surface area contributed by atoms with Crippen molar-refractivity contribution in [1.29, 1.82) is 0 Å². The van der Waals surface area contributed by atoms with Gasteiger partial charge in [0.15, 0.2) is 0 Å². The summed E-state index contributed by atoms with van der Waals surface area (Å²) >= 11 is 0. The van der Waals surface area contributed by atoms with Crippen molar-refractivity contribution in [1.82, 2.24) is 9.80 Å². The van der Waals surface area contributed by atoms with Gasteiger partial charge in [-0.2, -0.15) is 0 Å². The van der Waals surface area contributed by atoms with Gasteiger partial charge in [0.2, 0.25) is 0 Å². The Balaban J connectivity index is 4.30. The molecule has 0 saturated heterocycles. The molecular weight excluding hydrogens is 196 g/mol. The molecule has 2 heteroatoms. The van der Waals surface area contributed by atoms with E-state index in [1.165, 1.54) is 0 Å². The molecule has 0 aromatic heterocycles. The molecule has 0 N–H and O–H groups in total. The maximum atomic E-state index is 2.54. The highest BCUT2D eigenvalue weighted by Gasteiger charge is 2.23. The minimum absolute atomic E-state index is 0.284. The van der Waals surface area contributed by atoms with E-state index in [-0.39, 0.29) is 11.1 Å². The van der Waals surface area contributed by atoms with Crippen LogP contribution in [0.5, 0.6) is 0 Å². The van der Waals surface area contributed by atoms with E-state index in [4.69, 9.17) is 0 Å². The Kier molecular flexibility index (Phi) is 5.99. The van der Waals surface area contributed by atoms with Gasteiger partial charge >= 0.3 is 0 Å². The Morgan fingerprint density at radius 3 is 1.00 bits per heavy atom. The first-order valence-corrected chi connectivity index (χ1v) is 6.63. The van der Waals surface area contributed by atoms with Crippen LogP contribution in [0.25, 0.3) is 0 Å². The minimum atomic E-state index is 0.284. The topological polar surface area (TPSA) is 6.48 Å². The first-order chi connectivity index (χ1) is 7.12. The van der Waals surface area contributed by atoms with Crippen molar-refractivity contribution >= 4 is 0 Å². The molecular formula is C14H32N2. The second-order valence-electron chi connectivity index (χ2n) is 6.50. The normalized spacial score (nSPS) is 13.9. The zero-order valence-corrected chi connectivity index (χ0v) is 12.7. The lowest BCUT2D eigenvalue weighted by atomic mass is 10.0. The number of rotatable bonds is 5. The third kappa shape index (κ3) is 5.31. The maximum Gasteiger partial charge on any atom is 0.0125 e. The molecule has 0 aliphatic carbocycles. The summed E-state index contributed by atoms with van der Waals surface area (Å²) in [5, 5.41) is 0. The number of hydrogen-bond acceptors (Lipinski definition) is 2. The second-order valence-corrected chi connectivity index (χ2v) is 6.50. The van der Waals surface area contributed by atoms with Crippen LogP contribution in [0.1, 0.15) is 55.4 Å². The van der Waals surface area contributed by atoms with Gasteiger partial charge in [-0.1, -0.05) is 13.8 Å². The van der Waals surface area contributed by atoms with Gasteiger partial charge in [-0.15, -0.1) is 0 Å². The molecule has 0 aliphatic heterocycles. The van der Waals surface area contributed by atoms with Gasteiger partial charge in [-0.3, -0.25) is 9.80 Å². The summed E-state index contributed by atoms with van der Waals surface area (Å²) in [5.74, 6) is 0. The van der Waals surface area contributed by atoms with Crippen molar-refractivity contribution in [3.8, 4) is 0 Å². The van der Waals surface area contributed by atoms with Gasteiger partial charge in [-0.25, -0.2) is 0 Å². The minimum Gasteiger partial charge on any atom is -0.297 e. The number of nitrogens with zero attached hydrogens (tertiary/aromatic N) is 2. The summed E-state index contributed by atoms with van der Waals surface area (Å²) in [6.07, 6.45) is 0. The first-order valence-electron chi connectivity index (χ1n) is 6.63. The molecule has 98 valence electrons. The molecule has 0 aromatic carbocycles. The van der Waals surface area contributed by atoms with E-state index < -0.39 is 0 Å². The molecule has 0 fully saturated rings. The molecule has 0 amide bonds. The van der Waals surface area contributed by atoms with Crippen LogP contribution >= 0.6 is 0 Å². The maximum absolute atomic E-state index is 2.54. The number of likely N-dealkylation sites (N-methyl/N-ethyl adjacent to an activating group) is 2. The fraction of sp³-hybridized carbons (Fsp3) is 1.00. The van der Waals surface area contributed by atoms with Gasteiger partial charge in [0.05, 0.1) is 0 Å². The summed E-state index contributed by atoms with van der Waals surface area (Å²) in [4.78, 5) is 5.09. The summed E-state index contributed by atoms with van der Waals surface area (Å²) in [5.41, 5.74) is 0.568. The molecule has 0 aromatic rings. The van der Waals surface area contributed by atoms with E-state index >= 15 is 0 Å². The van der Waals surface area contributed by atoms with Gasteiger partial charge in [0, 0.05) is 24.2 Å². The molecule has 0 saturated carbocycles. The average Bonchev–Trinajstić information content (AvgIpc) is 2.08. The van der Waals surface area contributed by atoms with Crippen LogP contribution in [0.4, 0.5) is 0 Å². The van der Waals surface area contributed by atoms with E-state index in [0.29, 0.717) is 0 Å². The second kappa shape index (κ2) is 6.02. The van der Waals surface area contributed by atoms with Crippen LogP contribution in [0.3, 0.4) is 0 Å². The van der Waals surface area contributed by atoms with Gasteiger partial charge in [-0.05, 0) is 54.6 Å². The predicted molar refractivity (Wildman–Crippen MR) is 74.0 cm³/mol. The molecule has 0 heterocycles. The van der Waals surface area contributed by atoms with Gasteiger partial charge in [0.1, 0.15) is 0 Å². The quantitative estimate of drug-likeness (QED) is 0.713. The molecule has 2 nitrogen and oxygen atoms in total. The molecule has 0 atom stereocenters. The average molecular weight is 228 g/mol. The standard InChI is InChI=1S/C14H32N2/c1-9-15(13(3,4)5)11-12-16(10-2)14(6,7)8/h9-12H2,1-8H3. The summed E-state index contributed by atoms with van der Waals surface area (Å²) < 4.78 is 0. The molecule has 0 aliphatic rings. The molecule has 0 radical (unpaired) electrons. The third-order valence-electron chi connectivity index (χ3n) is 3.30. The summed E-state index contributed by atoms with van der Waals surface area (Å²) in [7, 11) is 0. The van der Waals surface area contributed by atoms with Crippen LogP contribution in [0.15, 0.2) is 0 Å². The fourth-order valence-corrected chi connectivity index (χ4v) is 2.18. The highest BCUT2D eigenvalue weighted by atomic mass is 15.2. The summed E-state index contributed by atoms with van der Waals surface area (Å²) in [6.45, 7) is 22.8. The highest BCUT2D eigenvalue weighted by Crippen LogP contribution is 2.15. The Bertz CT molecular complexity index is 164. The predicted octanol–water partition coefficient (Wildman–Crippen LogP) is 3.23. The van der Waals surface area contributed by atoms with Gasteiger partial charge in [0.25, 0.3) is 0 Å². The Morgan fingerprint density at radius 2 is 0.875 bits per heavy atom. The third-order valence-corrected chi connectivity index (χ3v) is 3.30. The molecule has 16 heavy (non-hydrogen) atoms. The van der Waals surface area contributed by atoms with Crippen molar-refractivity contribution in [2.24, 2.45) is 0 Å². The van der Waals surface area contributed by atoms with Crippen molar-refractivity contribution in [2.45, 2.75) is 66.5 Å². The Morgan fingerprint density at radius 1 is 0.625 bits per heavy atom. The van der Waals surface area contributed by atoms with Crippen molar-refractivity contribution < 1.29 is 0 Å². The molecule has 0 bridgehead atoms. The van der Waals surface area contributed by atoms with Crippen LogP contribution in [0, 0.1) is 0 Å². The van der Waals surface area contributed by atoms with E-state index in [0.717, 1.165) is 26.2 Å². The van der Waals surface area contributed by atoms with E-state index in [1.54, 1.807) is 0 Å². The fourth-order valence-electron chi connectivity index (χ4n) is 2.18. The monoisotopic (exact) mass is 228 g/mol. The molecule has 0 unspecified atom stereocenters. The number of hydrogen-bond donors (Lipinski definition) is 0. The smallest absolute Gasteiger partial charge is 0.0125 e. The molecule has 0 spiro atoms. The zero-order valence-electron chi connectivity index (χ0n) is 12.7. The van der Waals surface area contributed by atoms with Crippen LogP contribution < -0.4 is 0 Å². The van der Waals surface area contributed by atoms with Crippen molar-refractivity contribution in [3.05, 3.63) is 0 Å². The van der Waals surface area contributed by atoms with E-state index in [1.807, 2.05) is 0 Å². The van der Waals surface area contributed by atoms with Crippen LogP contribution in [-0.2, 0) is 0 Å². The lowest BCUT2D eigenvalue weighted by Crippen LogP contribution is -2.49. The Labute approximate surface area is 103 Å². The van der Waals surface area contributed by atoms with Crippen molar-refractivity contribution in [3.63, 3.8) is 0 Å². The zero-order chi connectivity index (χ0) is 13.0. The largest absolute Gasteiger partial charge is 0.297 e. The first kappa shape index (κ1) is 15.9. The van der Waals surface area contributed by atoms with Crippen LogP contribution in [-0.4, -0.2) is 47.1 Å². The lowest BCUT2D eigenvalue weighted by Gasteiger charge is -2.40. The van der Waals surface area contributed by atoms with Crippen molar-refractivity contribution in [2.75, 3.05) is 26.2 Å². The molecule has 0 rings (SSSR count). The van der Waals surface area contributed by atoms with E-state index in [2.05, 4.69) is 65.2 Å².